The van der Waals surface area contributed by atoms with Gasteiger partial charge in [0.1, 0.15) is 5.00 Å². The number of rotatable bonds is 3. The highest BCUT2D eigenvalue weighted by atomic mass is 79.9. The van der Waals surface area contributed by atoms with Crippen LogP contribution in [0.4, 0.5) is 10.7 Å². The fourth-order valence-corrected chi connectivity index (χ4v) is 4.91. The summed E-state index contributed by atoms with van der Waals surface area (Å²) in [5.41, 5.74) is 2.64. The van der Waals surface area contributed by atoms with Crippen molar-refractivity contribution >= 4 is 61.3 Å². The van der Waals surface area contributed by atoms with Crippen molar-refractivity contribution in [2.45, 2.75) is 32.1 Å². The first-order valence-electron chi connectivity index (χ1n) is 8.15. The molecule has 0 spiro atoms. The van der Waals surface area contributed by atoms with E-state index in [-0.39, 0.29) is 5.97 Å². The number of benzene rings is 1. The Bertz CT molecular complexity index is 804. The van der Waals surface area contributed by atoms with Crippen LogP contribution >= 0.6 is 39.5 Å². The van der Waals surface area contributed by atoms with Gasteiger partial charge in [-0.15, -0.1) is 11.3 Å². The number of aryl methyl sites for hydroxylation is 1. The van der Waals surface area contributed by atoms with Gasteiger partial charge in [0.05, 0.1) is 18.4 Å². The van der Waals surface area contributed by atoms with Gasteiger partial charge in [-0.3, -0.25) is 0 Å². The Morgan fingerprint density at radius 3 is 2.72 bits per heavy atom. The van der Waals surface area contributed by atoms with E-state index in [4.69, 9.17) is 17.0 Å². The number of esters is 1. The van der Waals surface area contributed by atoms with Gasteiger partial charge in [-0.25, -0.2) is 4.79 Å². The highest BCUT2D eigenvalue weighted by molar-refractivity contribution is 9.10. The van der Waals surface area contributed by atoms with E-state index in [0.29, 0.717) is 10.7 Å². The van der Waals surface area contributed by atoms with E-state index >= 15 is 0 Å². The summed E-state index contributed by atoms with van der Waals surface area (Å²) >= 11 is 10.5. The molecular formula is C18H19BrN2O2S2. The fraction of sp³-hybridized carbons (Fsp3) is 0.333. The van der Waals surface area contributed by atoms with Crippen LogP contribution in [0.2, 0.25) is 0 Å². The maximum atomic E-state index is 12.3. The zero-order valence-corrected chi connectivity index (χ0v) is 17.1. The molecule has 0 fully saturated rings. The third-order valence-corrected chi connectivity index (χ3v) is 6.26. The summed E-state index contributed by atoms with van der Waals surface area (Å²) in [6.45, 7) is 0. The highest BCUT2D eigenvalue weighted by Gasteiger charge is 2.25. The summed E-state index contributed by atoms with van der Waals surface area (Å²) < 4.78 is 5.94. The average Bonchev–Trinajstić information content (AvgIpc) is 2.77. The lowest BCUT2D eigenvalue weighted by molar-refractivity contribution is 0.0601. The SMILES string of the molecule is COC(=O)c1c(NC(=S)Nc2ccccc2Br)sc2c1CCCCC2. The predicted octanol–water partition coefficient (Wildman–Crippen LogP) is 5.38. The first-order valence-corrected chi connectivity index (χ1v) is 10.2. The van der Waals surface area contributed by atoms with Gasteiger partial charge in [0.2, 0.25) is 0 Å². The number of nitrogens with one attached hydrogen (secondary N) is 2. The van der Waals surface area contributed by atoms with Crippen LogP contribution in [0.3, 0.4) is 0 Å². The summed E-state index contributed by atoms with van der Waals surface area (Å²) in [6, 6.07) is 7.75. The molecular weight excluding hydrogens is 420 g/mol. The number of anilines is 2. The second kappa shape index (κ2) is 8.29. The molecule has 0 unspecified atom stereocenters. The van der Waals surface area contributed by atoms with Gasteiger partial charge < -0.3 is 15.4 Å². The minimum atomic E-state index is -0.300. The van der Waals surface area contributed by atoms with Crippen molar-refractivity contribution < 1.29 is 9.53 Å². The minimum Gasteiger partial charge on any atom is -0.465 e. The van der Waals surface area contributed by atoms with Gasteiger partial charge in [0.25, 0.3) is 0 Å². The third-order valence-electron chi connectivity index (χ3n) is 4.16. The molecule has 1 aromatic heterocycles. The molecule has 2 aromatic rings. The lowest BCUT2D eigenvalue weighted by Gasteiger charge is -2.12. The van der Waals surface area contributed by atoms with E-state index in [9.17, 15) is 4.79 Å². The lowest BCUT2D eigenvalue weighted by atomic mass is 10.1. The molecule has 1 heterocycles. The quantitative estimate of drug-likeness (QED) is 0.382. The second-order valence-corrected chi connectivity index (χ2v) is 8.19. The standard InChI is InChI=1S/C18H19BrN2O2S2/c1-23-17(22)15-11-7-3-2-4-10-14(11)25-16(15)21-18(24)20-13-9-6-5-8-12(13)19/h5-6,8-9H,2-4,7,10H2,1H3,(H2,20,21,24). The van der Waals surface area contributed by atoms with Crippen LogP contribution in [-0.2, 0) is 17.6 Å². The Morgan fingerprint density at radius 2 is 1.96 bits per heavy atom. The topological polar surface area (TPSA) is 50.4 Å². The molecule has 0 saturated heterocycles. The zero-order valence-electron chi connectivity index (χ0n) is 13.9. The Hall–Kier alpha value is -1.44. The van der Waals surface area contributed by atoms with Gasteiger partial charge in [0, 0.05) is 9.35 Å². The number of thiocarbonyl (C=S) groups is 1. The van der Waals surface area contributed by atoms with Crippen LogP contribution in [0.1, 0.15) is 40.1 Å². The summed E-state index contributed by atoms with van der Waals surface area (Å²) in [5, 5.41) is 7.58. The number of fused-ring (bicyclic) bond motifs is 1. The van der Waals surface area contributed by atoms with Crippen LogP contribution in [0.5, 0.6) is 0 Å². The molecule has 0 aliphatic heterocycles. The Morgan fingerprint density at radius 1 is 1.20 bits per heavy atom. The van der Waals surface area contributed by atoms with Gasteiger partial charge in [0.15, 0.2) is 5.11 Å². The number of thiophene rings is 1. The summed E-state index contributed by atoms with van der Waals surface area (Å²) in [5.74, 6) is -0.300. The van der Waals surface area contributed by atoms with Gasteiger partial charge in [-0.1, -0.05) is 18.6 Å². The number of ether oxygens (including phenoxy) is 1. The molecule has 132 valence electrons. The molecule has 7 heteroatoms. The number of carbonyl (C=O) groups excluding carboxylic acids is 1. The molecule has 0 saturated carbocycles. The maximum Gasteiger partial charge on any atom is 0.341 e. The molecule has 1 aliphatic rings. The van der Waals surface area contributed by atoms with Crippen LogP contribution in [-0.4, -0.2) is 18.2 Å². The smallest absolute Gasteiger partial charge is 0.341 e. The molecule has 2 N–H and O–H groups in total. The number of hydrogen-bond acceptors (Lipinski definition) is 4. The van der Waals surface area contributed by atoms with Crippen molar-refractivity contribution in [3.63, 3.8) is 0 Å². The number of methoxy groups -OCH3 is 1. The first kappa shape index (κ1) is 18.4. The molecule has 0 bridgehead atoms. The first-order chi connectivity index (χ1) is 12.1. The van der Waals surface area contributed by atoms with Gasteiger partial charge in [-0.05, 0) is 71.5 Å². The molecule has 4 nitrogen and oxygen atoms in total. The van der Waals surface area contributed by atoms with Crippen molar-refractivity contribution in [3.8, 4) is 0 Å². The van der Waals surface area contributed by atoms with E-state index < -0.39 is 0 Å². The number of carbonyl (C=O) groups is 1. The van der Waals surface area contributed by atoms with Crippen molar-refractivity contribution in [1.29, 1.82) is 0 Å². The molecule has 3 rings (SSSR count). The molecule has 0 radical (unpaired) electrons. The normalized spacial score (nSPS) is 13.5. The van der Waals surface area contributed by atoms with E-state index in [1.807, 2.05) is 24.3 Å². The monoisotopic (exact) mass is 438 g/mol. The predicted molar refractivity (Wildman–Crippen MR) is 111 cm³/mol. The number of para-hydroxylation sites is 1. The zero-order chi connectivity index (χ0) is 17.8. The highest BCUT2D eigenvalue weighted by Crippen LogP contribution is 2.38. The van der Waals surface area contributed by atoms with Gasteiger partial charge >= 0.3 is 5.97 Å². The van der Waals surface area contributed by atoms with Crippen molar-refractivity contribution in [2.75, 3.05) is 17.7 Å². The fourth-order valence-electron chi connectivity index (χ4n) is 2.97. The van der Waals surface area contributed by atoms with E-state index in [1.54, 1.807) is 11.3 Å². The summed E-state index contributed by atoms with van der Waals surface area (Å²) in [4.78, 5) is 13.6. The van der Waals surface area contributed by atoms with Crippen LogP contribution in [0.15, 0.2) is 28.7 Å². The number of hydrogen-bond donors (Lipinski definition) is 2. The molecule has 0 amide bonds. The molecule has 25 heavy (non-hydrogen) atoms. The average molecular weight is 439 g/mol. The van der Waals surface area contributed by atoms with E-state index in [0.717, 1.165) is 46.4 Å². The molecule has 1 aliphatic carbocycles. The second-order valence-electron chi connectivity index (χ2n) is 5.82. The Kier molecular flexibility index (Phi) is 6.09. The van der Waals surface area contributed by atoms with Crippen LogP contribution in [0.25, 0.3) is 0 Å². The summed E-state index contributed by atoms with van der Waals surface area (Å²) in [7, 11) is 1.42. The van der Waals surface area contributed by atoms with Crippen LogP contribution < -0.4 is 10.6 Å². The molecule has 0 atom stereocenters. The van der Waals surface area contributed by atoms with Gasteiger partial charge in [-0.2, -0.15) is 0 Å². The maximum absolute atomic E-state index is 12.3. The van der Waals surface area contributed by atoms with Crippen LogP contribution in [0, 0.1) is 0 Å². The van der Waals surface area contributed by atoms with Crippen molar-refractivity contribution in [3.05, 3.63) is 44.7 Å². The largest absolute Gasteiger partial charge is 0.465 e. The third kappa shape index (κ3) is 4.22. The summed E-state index contributed by atoms with van der Waals surface area (Å²) in [6.07, 6.45) is 5.39. The Labute approximate surface area is 165 Å². The minimum absolute atomic E-state index is 0.300. The lowest BCUT2D eigenvalue weighted by Crippen LogP contribution is -2.20. The Balaban J connectivity index is 1.85. The molecule has 1 aromatic carbocycles. The van der Waals surface area contributed by atoms with Crippen molar-refractivity contribution in [1.82, 2.24) is 0 Å². The van der Waals surface area contributed by atoms with Crippen molar-refractivity contribution in [2.24, 2.45) is 0 Å². The van der Waals surface area contributed by atoms with E-state index in [2.05, 4.69) is 26.6 Å². The van der Waals surface area contributed by atoms with E-state index in [1.165, 1.54) is 18.4 Å². The number of halogens is 1.